The van der Waals surface area contributed by atoms with E-state index < -0.39 is 5.60 Å². The van der Waals surface area contributed by atoms with Gasteiger partial charge in [0.2, 0.25) is 5.91 Å². The van der Waals surface area contributed by atoms with Crippen LogP contribution in [-0.2, 0) is 19.1 Å². The Labute approximate surface area is 880 Å². The Hall–Kier alpha value is -2.21. The first kappa shape index (κ1) is 144. The number of aliphatic hydroxyl groups is 1. The molecule has 15 nitrogen and oxygen atoms in total. The maximum Gasteiger partial charge on any atom is 0.267 e. The van der Waals surface area contributed by atoms with Gasteiger partial charge >= 0.3 is 0 Å². The van der Waals surface area contributed by atoms with Crippen LogP contribution in [0.25, 0.3) is 0 Å². The summed E-state index contributed by atoms with van der Waals surface area (Å²) in [7, 11) is 21.6. The second-order valence-electron chi connectivity index (χ2n) is 64.1. The molecule has 4 saturated carbocycles. The molecule has 0 aromatic rings. The van der Waals surface area contributed by atoms with Crippen LogP contribution in [0.5, 0.6) is 0 Å². The van der Waals surface area contributed by atoms with Crippen molar-refractivity contribution in [2.45, 2.75) is 479 Å². The van der Waals surface area contributed by atoms with E-state index in [1.54, 1.807) is 0 Å². The highest BCUT2D eigenvalue weighted by Crippen LogP contribution is 2.49. The fourth-order valence-corrected chi connectivity index (χ4v) is 17.9. The Morgan fingerprint density at radius 3 is 0.750 bits per heavy atom. The first-order valence-corrected chi connectivity index (χ1v) is 56.7. The van der Waals surface area contributed by atoms with E-state index in [0.717, 1.165) is 99.0 Å². The van der Waals surface area contributed by atoms with Gasteiger partial charge in [0, 0.05) is 97.8 Å². The normalized spacial score (nSPS) is 22.0. The SMILES string of the molecule is C=C1NC(=O)C(CC(C)(C)C)O1.CC(C)(C)C1CCC1.CC(C)(C)C1CCCC1.CC(C)(C)CC(=O)CC1(C)CC1.CC(C)(C)CC(=O)NCC1(O)CCC1.CCC(C)(C)C.CCC(C)(C)C.CN(C)CC(C)(C)C.CN(C)CC(C)(C)C.CN1CC(C(C)(C)C)C1.CN1CC(C(C)(C)C)C1.CN1CC(C(C)(C)C)C1.CN1CCC(C(C)(C)C)C1.CN1CCC(C(C)(C)C)C1.CN1CCC(C(C)(C)C)C1. The van der Waals surface area contributed by atoms with Crippen LogP contribution in [0.1, 0.15) is 467 Å². The highest BCUT2D eigenvalue weighted by molar-refractivity contribution is 5.84. The molecular weight excluding hydrogens is 1720 g/mol. The zero-order valence-electron chi connectivity index (χ0n) is 107. The van der Waals surface area contributed by atoms with Gasteiger partial charge in [0.1, 0.15) is 5.78 Å². The van der Waals surface area contributed by atoms with Crippen LogP contribution in [0.2, 0.25) is 0 Å². The molecule has 11 fully saturated rings. The van der Waals surface area contributed by atoms with Crippen LogP contribution >= 0.6 is 0 Å². The molecule has 840 valence electrons. The van der Waals surface area contributed by atoms with Crippen LogP contribution in [0, 0.1) is 134 Å². The summed E-state index contributed by atoms with van der Waals surface area (Å²) in [5.74, 6) is 8.37. The average Bonchev–Trinajstić information content (AvgIpc) is 1.33. The molecule has 7 saturated heterocycles. The summed E-state index contributed by atoms with van der Waals surface area (Å²) < 4.78 is 5.19. The lowest BCUT2D eigenvalue weighted by Gasteiger charge is -2.44. The highest BCUT2D eigenvalue weighted by atomic mass is 16.5. The first-order chi connectivity index (χ1) is 62.2. The summed E-state index contributed by atoms with van der Waals surface area (Å²) in [5.41, 5.74) is 6.39. The van der Waals surface area contributed by atoms with E-state index in [9.17, 15) is 19.5 Å². The molecule has 7 heterocycles. The second-order valence-corrected chi connectivity index (χ2v) is 64.1. The zero-order valence-corrected chi connectivity index (χ0v) is 107. The summed E-state index contributed by atoms with van der Waals surface area (Å²) in [6, 6.07) is 0. The van der Waals surface area contributed by atoms with Crippen molar-refractivity contribution in [1.82, 2.24) is 49.8 Å². The van der Waals surface area contributed by atoms with E-state index in [-0.39, 0.29) is 34.2 Å². The maximum absolute atomic E-state index is 11.5. The number of ketones is 1. The number of rotatable bonds is 9. The minimum absolute atomic E-state index is 0.0202. The van der Waals surface area contributed by atoms with Crippen LogP contribution in [0.3, 0.4) is 0 Å². The number of nitrogens with zero attached hydrogens (tertiary/aromatic N) is 8. The summed E-state index contributed by atoms with van der Waals surface area (Å²) >= 11 is 0. The molecule has 2 amide bonds. The van der Waals surface area contributed by atoms with E-state index in [1.807, 2.05) is 20.8 Å². The molecule has 0 aromatic heterocycles. The van der Waals surface area contributed by atoms with Gasteiger partial charge in [0.15, 0.2) is 12.0 Å². The lowest BCUT2D eigenvalue weighted by molar-refractivity contribution is -0.125. The third-order valence-corrected chi connectivity index (χ3v) is 30.0. The maximum atomic E-state index is 11.5. The standard InChI is InChI=1S/C11H21NO2.C11H20O.C9H15NO2.3C9H19N.C9H18.3C8H17N.C8H16.2C7H17N.2C6H14/c1-10(2,3)7-9(13)12-8-11(14)5-4-6-11;1-10(2,3)7-9(12)8-11(4)5-6-11;1-6-10-8(11)7(12-6)5-9(2,3)4;3*1-9(2,3)8-5-6-10(4)7-8;1-9(2,3)8-6-4-5-7-8;3*1-8(2,3)7-5-9(4)6-7;1-8(2,3)7-5-4-6-7;2*1-7(2,3)6-8(4)5;2*1-5-6(2,3)4/h14H,4-8H2,1-3H3,(H,12,13);5-8H2,1-4H3;7H,1,5H2,2-4H3,(H,10,11);3*8H,5-7H2,1-4H3;8H,4-7H2,1-3H3;3*7H,5-6H2,1-4H3;7H,4-6H2,1-3H3;2*6H2,1-5H3;2*5H2,1-4H3. The molecule has 11 rings (SSSR count). The largest absolute Gasteiger partial charge is 0.466 e. The van der Waals surface area contributed by atoms with Gasteiger partial charge < -0.3 is 54.4 Å². The predicted octanol–water partition coefficient (Wildman–Crippen LogP) is 30.9. The van der Waals surface area contributed by atoms with Crippen molar-refractivity contribution < 1.29 is 24.2 Å². The number of carbonyl (C=O) groups is 3. The Bertz CT molecular complexity index is 3050. The van der Waals surface area contributed by atoms with Crippen LogP contribution in [-0.4, -0.2) is 242 Å². The molecule has 0 spiro atoms. The highest BCUT2D eigenvalue weighted by Gasteiger charge is 2.42. The third-order valence-electron chi connectivity index (χ3n) is 30.0. The van der Waals surface area contributed by atoms with Crippen LogP contribution in [0.15, 0.2) is 12.5 Å². The predicted molar refractivity (Wildman–Crippen MR) is 623 cm³/mol. The number of hydrogen-bond donors (Lipinski definition) is 3. The van der Waals surface area contributed by atoms with Crippen molar-refractivity contribution >= 4 is 17.6 Å². The molecule has 0 radical (unpaired) electrons. The zero-order chi connectivity index (χ0) is 111. The van der Waals surface area contributed by atoms with Crippen LogP contribution in [0.4, 0.5) is 0 Å². The van der Waals surface area contributed by atoms with Crippen molar-refractivity contribution in [2.24, 2.45) is 134 Å². The van der Waals surface area contributed by atoms with Crippen molar-refractivity contribution in [3.63, 3.8) is 0 Å². The summed E-state index contributed by atoms with van der Waals surface area (Å²) in [5, 5.41) is 15.1. The van der Waals surface area contributed by atoms with Gasteiger partial charge in [-0.25, -0.2) is 0 Å². The van der Waals surface area contributed by atoms with E-state index in [4.69, 9.17) is 4.74 Å². The first-order valence-electron chi connectivity index (χ1n) is 56.7. The van der Waals surface area contributed by atoms with Gasteiger partial charge in [-0.2, -0.15) is 0 Å². The number of amides is 2. The van der Waals surface area contributed by atoms with Crippen molar-refractivity contribution in [2.75, 3.05) is 169 Å². The minimum atomic E-state index is -0.604. The fourth-order valence-electron chi connectivity index (χ4n) is 17.9. The molecular formula is C125H260N10O5. The number of hydrogen-bond acceptors (Lipinski definition) is 13. The molecule has 0 bridgehead atoms. The molecule has 4 atom stereocenters. The average molecular weight is 1980 g/mol. The van der Waals surface area contributed by atoms with E-state index in [0.29, 0.717) is 95.0 Å². The second kappa shape index (κ2) is 61.9. The van der Waals surface area contributed by atoms with Crippen molar-refractivity contribution in [1.29, 1.82) is 0 Å². The molecule has 15 heteroatoms. The van der Waals surface area contributed by atoms with Crippen molar-refractivity contribution in [3.05, 3.63) is 12.5 Å². The number of ether oxygens (including phenoxy) is 1. The Morgan fingerprint density at radius 2 is 0.621 bits per heavy atom. The van der Waals surface area contributed by atoms with Crippen molar-refractivity contribution in [3.8, 4) is 0 Å². The lowest BCUT2D eigenvalue weighted by Crippen LogP contribution is -2.49. The van der Waals surface area contributed by atoms with E-state index in [2.05, 4.69) is 438 Å². The summed E-state index contributed by atoms with van der Waals surface area (Å²) in [4.78, 5) is 52.9. The fraction of sp³-hybridized carbons (Fsp3) is 0.960. The number of Topliss-reactive ketones (excluding diaryl/α,β-unsaturated/α-hetero) is 1. The molecule has 4 aliphatic carbocycles. The van der Waals surface area contributed by atoms with Gasteiger partial charge in [0.05, 0.1) is 5.60 Å². The Kier molecular flexibility index (Phi) is 63.7. The molecule has 3 N–H and O–H groups in total. The van der Waals surface area contributed by atoms with Gasteiger partial charge in [-0.1, -0.05) is 364 Å². The summed E-state index contributed by atoms with van der Waals surface area (Å²) in [6.45, 7) is 130. The third kappa shape index (κ3) is 78.9. The van der Waals surface area contributed by atoms with Gasteiger partial charge in [-0.15, -0.1) is 0 Å². The number of carbonyl (C=O) groups excluding carboxylic acids is 3. The quantitative estimate of drug-likeness (QED) is 0.203. The molecule has 0 aromatic carbocycles. The molecule has 140 heavy (non-hydrogen) atoms. The summed E-state index contributed by atoms with van der Waals surface area (Å²) in [6.07, 6.45) is 24.7. The van der Waals surface area contributed by atoms with Gasteiger partial charge in [-0.3, -0.25) is 19.7 Å². The van der Waals surface area contributed by atoms with Gasteiger partial charge in [-0.05, 0) is 314 Å². The lowest BCUT2D eigenvalue weighted by atomic mass is 9.69. The number of likely N-dealkylation sites (tertiary alicyclic amines) is 6. The molecule has 7 aliphatic heterocycles. The Balaban J connectivity index is -0.000000711. The van der Waals surface area contributed by atoms with E-state index in [1.165, 1.54) is 168 Å². The smallest absolute Gasteiger partial charge is 0.267 e. The monoisotopic (exact) mass is 1980 g/mol. The van der Waals surface area contributed by atoms with E-state index >= 15 is 0 Å². The Morgan fingerprint density at radius 1 is 0.364 bits per heavy atom. The molecule has 4 unspecified atom stereocenters. The van der Waals surface area contributed by atoms with Gasteiger partial charge in [0.25, 0.3) is 5.91 Å². The molecule has 11 aliphatic rings. The topological polar surface area (TPSA) is 131 Å². The number of nitrogens with one attached hydrogen (secondary N) is 2. The van der Waals surface area contributed by atoms with Crippen LogP contribution < -0.4 is 10.6 Å². The minimum Gasteiger partial charge on any atom is -0.466 e.